The summed E-state index contributed by atoms with van der Waals surface area (Å²) in [6, 6.07) is 21.1. The Bertz CT molecular complexity index is 1480. The number of nitrogens with zero attached hydrogens (tertiary/aromatic N) is 2. The number of carbonyl (C=O) groups is 1. The summed E-state index contributed by atoms with van der Waals surface area (Å²) in [5.74, 6) is 0.285. The number of anilines is 2. The fraction of sp³-hybridized carbons (Fsp3) is 0.321. The molecule has 1 heterocycles. The van der Waals surface area contributed by atoms with Crippen LogP contribution >= 0.6 is 0 Å². The monoisotopic (exact) mass is 555 g/mol. The fourth-order valence-corrected chi connectivity index (χ4v) is 7.67. The van der Waals surface area contributed by atoms with E-state index in [0.29, 0.717) is 30.0 Å². The first kappa shape index (κ1) is 27.8. The van der Waals surface area contributed by atoms with E-state index < -0.39 is 20.0 Å². The lowest BCUT2D eigenvalue weighted by molar-refractivity contribution is 0.101. The summed E-state index contributed by atoms with van der Waals surface area (Å²) in [4.78, 5) is 13.1. The molecule has 3 aromatic rings. The molecule has 1 fully saturated rings. The lowest BCUT2D eigenvalue weighted by Crippen LogP contribution is -2.42. The number of nitrogens with one attached hydrogen (secondary N) is 1. The van der Waals surface area contributed by atoms with Crippen molar-refractivity contribution in [1.29, 1.82) is 0 Å². The van der Waals surface area contributed by atoms with Crippen LogP contribution < -0.4 is 9.62 Å². The number of hydrogen-bond donors (Lipinski definition) is 1. The number of hydrogen-bond acceptors (Lipinski definition) is 6. The van der Waals surface area contributed by atoms with Gasteiger partial charge < -0.3 is 5.32 Å². The topological polar surface area (TPSA) is 104 Å². The number of Topliss-reactive ketones (excluding diaryl/α,β-unsaturated/α-hetero) is 1. The molecule has 2 unspecified atom stereocenters. The van der Waals surface area contributed by atoms with Crippen LogP contribution in [0.2, 0.25) is 0 Å². The number of benzene rings is 3. The molecule has 0 bridgehead atoms. The van der Waals surface area contributed by atoms with E-state index in [1.807, 2.05) is 19.9 Å². The van der Waals surface area contributed by atoms with Gasteiger partial charge in [0.25, 0.3) is 10.0 Å². The van der Waals surface area contributed by atoms with Gasteiger partial charge in [-0.25, -0.2) is 16.8 Å². The van der Waals surface area contributed by atoms with Crippen molar-refractivity contribution in [2.45, 2.75) is 30.1 Å². The SMILES string of the molecule is CC1CC(C)CN(S(=O)(=O)c2cccc(C(=O)CNc3ccc(S(=O)(=O)N(C)c4ccccc4)cc3)c2)C1. The Balaban J connectivity index is 1.42. The average molecular weight is 556 g/mol. The molecule has 2 atom stereocenters. The standard InChI is InChI=1S/C28H33N3O5S2/c1-21-16-22(2)20-31(19-21)38(35,36)27-11-7-8-23(17-27)28(32)18-29-24-12-14-26(15-13-24)37(33,34)30(3)25-9-5-4-6-10-25/h4-15,17,21-22,29H,16,18-20H2,1-3H3. The molecular formula is C28H33N3O5S2. The van der Waals surface area contributed by atoms with Gasteiger partial charge in [-0.05, 0) is 66.8 Å². The highest BCUT2D eigenvalue weighted by atomic mass is 32.2. The van der Waals surface area contributed by atoms with Gasteiger partial charge in [-0.1, -0.05) is 44.2 Å². The molecule has 3 aromatic carbocycles. The summed E-state index contributed by atoms with van der Waals surface area (Å²) >= 11 is 0. The van der Waals surface area contributed by atoms with Crippen LogP contribution in [0.4, 0.5) is 11.4 Å². The Morgan fingerprint density at radius 2 is 1.50 bits per heavy atom. The van der Waals surface area contributed by atoms with Crippen LogP contribution in [0, 0.1) is 11.8 Å². The molecule has 0 saturated carbocycles. The third-order valence-corrected chi connectivity index (χ3v) is 10.3. The van der Waals surface area contributed by atoms with Crippen molar-refractivity contribution in [2.24, 2.45) is 11.8 Å². The summed E-state index contributed by atoms with van der Waals surface area (Å²) < 4.78 is 55.1. The van der Waals surface area contributed by atoms with Crippen molar-refractivity contribution in [2.75, 3.05) is 36.3 Å². The maximum absolute atomic E-state index is 13.2. The van der Waals surface area contributed by atoms with Crippen molar-refractivity contribution in [3.8, 4) is 0 Å². The summed E-state index contributed by atoms with van der Waals surface area (Å²) in [7, 11) is -5.94. The molecule has 1 aliphatic heterocycles. The molecule has 0 amide bonds. The first-order valence-electron chi connectivity index (χ1n) is 12.5. The van der Waals surface area contributed by atoms with E-state index in [4.69, 9.17) is 0 Å². The van der Waals surface area contributed by atoms with Crippen LogP contribution in [0.3, 0.4) is 0 Å². The minimum Gasteiger partial charge on any atom is -0.378 e. The van der Waals surface area contributed by atoms with E-state index in [-0.39, 0.29) is 34.0 Å². The Kier molecular flexibility index (Phi) is 8.25. The van der Waals surface area contributed by atoms with Crippen LogP contribution in [0.25, 0.3) is 0 Å². The van der Waals surface area contributed by atoms with Crippen molar-refractivity contribution in [1.82, 2.24) is 4.31 Å². The van der Waals surface area contributed by atoms with E-state index in [9.17, 15) is 21.6 Å². The number of piperidine rings is 1. The van der Waals surface area contributed by atoms with Gasteiger partial charge in [-0.3, -0.25) is 9.10 Å². The highest BCUT2D eigenvalue weighted by Crippen LogP contribution is 2.27. The summed E-state index contributed by atoms with van der Waals surface area (Å²) in [6.07, 6.45) is 0.993. The predicted molar refractivity (Wildman–Crippen MR) is 149 cm³/mol. The zero-order valence-electron chi connectivity index (χ0n) is 21.7. The number of sulfonamides is 2. The molecule has 4 rings (SSSR count). The first-order chi connectivity index (χ1) is 18.0. The normalized spacial score (nSPS) is 18.6. The molecule has 10 heteroatoms. The number of ketones is 1. The lowest BCUT2D eigenvalue weighted by Gasteiger charge is -2.34. The zero-order chi connectivity index (χ0) is 27.5. The molecule has 1 aliphatic rings. The van der Waals surface area contributed by atoms with Crippen molar-refractivity contribution in [3.05, 3.63) is 84.4 Å². The van der Waals surface area contributed by atoms with Gasteiger partial charge in [0.05, 0.1) is 22.0 Å². The molecule has 1 saturated heterocycles. The molecule has 38 heavy (non-hydrogen) atoms. The Hall–Kier alpha value is -3.21. The Labute approximate surface area is 225 Å². The largest absolute Gasteiger partial charge is 0.378 e. The van der Waals surface area contributed by atoms with Crippen LogP contribution in [0.1, 0.15) is 30.6 Å². The third-order valence-electron chi connectivity index (χ3n) is 6.71. The average Bonchev–Trinajstić information content (AvgIpc) is 2.91. The van der Waals surface area contributed by atoms with Gasteiger partial charge in [-0.2, -0.15) is 4.31 Å². The van der Waals surface area contributed by atoms with E-state index in [2.05, 4.69) is 5.32 Å². The molecular weight excluding hydrogens is 522 g/mol. The van der Waals surface area contributed by atoms with Gasteiger partial charge in [0.15, 0.2) is 5.78 Å². The van der Waals surface area contributed by atoms with Crippen molar-refractivity contribution >= 4 is 37.2 Å². The first-order valence-corrected chi connectivity index (χ1v) is 15.4. The molecule has 202 valence electrons. The molecule has 1 N–H and O–H groups in total. The maximum atomic E-state index is 13.2. The predicted octanol–water partition coefficient (Wildman–Crippen LogP) is 4.47. The van der Waals surface area contributed by atoms with Gasteiger partial charge >= 0.3 is 0 Å². The highest BCUT2D eigenvalue weighted by molar-refractivity contribution is 7.92. The number of para-hydroxylation sites is 1. The maximum Gasteiger partial charge on any atom is 0.264 e. The molecule has 8 nitrogen and oxygen atoms in total. The zero-order valence-corrected chi connectivity index (χ0v) is 23.4. The van der Waals surface area contributed by atoms with Crippen LogP contribution in [-0.4, -0.2) is 53.6 Å². The van der Waals surface area contributed by atoms with Crippen molar-refractivity contribution in [3.63, 3.8) is 0 Å². The van der Waals surface area contributed by atoms with Crippen LogP contribution in [-0.2, 0) is 20.0 Å². The Morgan fingerprint density at radius 3 is 2.13 bits per heavy atom. The second-order valence-electron chi connectivity index (χ2n) is 9.91. The van der Waals surface area contributed by atoms with Gasteiger partial charge in [0.1, 0.15) is 0 Å². The lowest BCUT2D eigenvalue weighted by atomic mass is 9.94. The van der Waals surface area contributed by atoms with Gasteiger partial charge in [-0.15, -0.1) is 0 Å². The van der Waals surface area contributed by atoms with Crippen LogP contribution in [0.5, 0.6) is 0 Å². The van der Waals surface area contributed by atoms with Crippen LogP contribution in [0.15, 0.2) is 88.7 Å². The quantitative estimate of drug-likeness (QED) is 0.391. The summed E-state index contributed by atoms with van der Waals surface area (Å²) in [5.41, 5.74) is 1.41. The summed E-state index contributed by atoms with van der Waals surface area (Å²) in [6.45, 7) is 4.97. The molecule has 0 radical (unpaired) electrons. The second kappa shape index (κ2) is 11.3. The fourth-order valence-electron chi connectivity index (χ4n) is 4.75. The van der Waals surface area contributed by atoms with E-state index >= 15 is 0 Å². The summed E-state index contributed by atoms with van der Waals surface area (Å²) in [5, 5.41) is 3.00. The molecule has 0 aromatic heterocycles. The second-order valence-corrected chi connectivity index (χ2v) is 13.8. The highest BCUT2D eigenvalue weighted by Gasteiger charge is 2.32. The molecule has 0 spiro atoms. The van der Waals surface area contributed by atoms with Crippen molar-refractivity contribution < 1.29 is 21.6 Å². The minimum atomic E-state index is -3.74. The van der Waals surface area contributed by atoms with E-state index in [0.717, 1.165) is 6.42 Å². The van der Waals surface area contributed by atoms with Gasteiger partial charge in [0, 0.05) is 31.4 Å². The smallest absolute Gasteiger partial charge is 0.264 e. The third kappa shape index (κ3) is 6.09. The molecule has 0 aliphatic carbocycles. The van der Waals surface area contributed by atoms with Gasteiger partial charge in [0.2, 0.25) is 10.0 Å². The number of rotatable bonds is 9. The minimum absolute atomic E-state index is 0.0721. The Morgan fingerprint density at radius 1 is 0.868 bits per heavy atom. The van der Waals surface area contributed by atoms with E-state index in [1.165, 1.54) is 39.9 Å². The van der Waals surface area contributed by atoms with E-state index in [1.54, 1.807) is 48.5 Å². The number of carbonyl (C=O) groups excluding carboxylic acids is 1.